The summed E-state index contributed by atoms with van der Waals surface area (Å²) in [4.78, 5) is 12.1. The largest absolute Gasteiger partial charge is 0.355 e. The van der Waals surface area contributed by atoms with Crippen LogP contribution in [-0.2, 0) is 4.79 Å². The van der Waals surface area contributed by atoms with E-state index in [1.54, 1.807) is 0 Å². The Kier molecular flexibility index (Phi) is 5.06. The average Bonchev–Trinajstić information content (AvgIpc) is 2.64. The van der Waals surface area contributed by atoms with Gasteiger partial charge in [0.2, 0.25) is 5.91 Å². The van der Waals surface area contributed by atoms with E-state index < -0.39 is 0 Å². The highest BCUT2D eigenvalue weighted by molar-refractivity contribution is 5.85. The van der Waals surface area contributed by atoms with Crippen LogP contribution < -0.4 is 11.1 Å². The molecule has 0 aromatic heterocycles. The maximum Gasteiger partial charge on any atom is 0.227 e. The van der Waals surface area contributed by atoms with Crippen LogP contribution in [0.3, 0.4) is 0 Å². The Balaban J connectivity index is 0.00000128. The third-order valence-corrected chi connectivity index (χ3v) is 4.21. The molecule has 2 aliphatic carbocycles. The monoisotopic (exact) mass is 246 g/mol. The molecule has 2 aliphatic rings. The van der Waals surface area contributed by atoms with Crippen LogP contribution in [0.1, 0.15) is 44.9 Å². The van der Waals surface area contributed by atoms with Crippen molar-refractivity contribution in [3.63, 3.8) is 0 Å². The molecule has 0 heterocycles. The number of hydrogen-bond acceptors (Lipinski definition) is 2. The minimum Gasteiger partial charge on any atom is -0.355 e. The van der Waals surface area contributed by atoms with E-state index in [2.05, 4.69) is 5.32 Å². The van der Waals surface area contributed by atoms with Crippen LogP contribution in [-0.4, -0.2) is 19.0 Å². The average molecular weight is 247 g/mol. The Morgan fingerprint density at radius 3 is 2.31 bits per heavy atom. The summed E-state index contributed by atoms with van der Waals surface area (Å²) in [5, 5.41) is 3.10. The molecule has 2 rings (SSSR count). The Labute approximate surface area is 104 Å². The first kappa shape index (κ1) is 13.8. The predicted molar refractivity (Wildman–Crippen MR) is 67.6 cm³/mol. The number of amides is 1. The van der Waals surface area contributed by atoms with Crippen LogP contribution in [0.4, 0.5) is 0 Å². The van der Waals surface area contributed by atoms with Gasteiger partial charge in [-0.2, -0.15) is 0 Å². The van der Waals surface area contributed by atoms with Crippen molar-refractivity contribution in [2.24, 2.45) is 17.1 Å². The van der Waals surface area contributed by atoms with Crippen molar-refractivity contribution in [2.45, 2.75) is 44.9 Å². The molecule has 0 aliphatic heterocycles. The molecule has 94 valence electrons. The smallest absolute Gasteiger partial charge is 0.227 e. The highest BCUT2D eigenvalue weighted by Crippen LogP contribution is 2.37. The van der Waals surface area contributed by atoms with Crippen LogP contribution in [0, 0.1) is 11.3 Å². The second-order valence-corrected chi connectivity index (χ2v) is 5.20. The molecule has 0 unspecified atom stereocenters. The molecule has 3 nitrogen and oxygen atoms in total. The Morgan fingerprint density at radius 1 is 1.25 bits per heavy atom. The second kappa shape index (κ2) is 5.87. The standard InChI is InChI=1S/C12H22N2O.ClH/c13-9-12(6-1-2-7-12)11(15)14-8-10-4-3-5-10;/h10H,1-9,13H2,(H,14,15);1H. The van der Waals surface area contributed by atoms with E-state index in [0.29, 0.717) is 6.54 Å². The maximum absolute atomic E-state index is 12.1. The lowest BCUT2D eigenvalue weighted by molar-refractivity contribution is -0.130. The molecular formula is C12H23ClN2O. The summed E-state index contributed by atoms with van der Waals surface area (Å²) in [6, 6.07) is 0. The van der Waals surface area contributed by atoms with Gasteiger partial charge in [-0.3, -0.25) is 4.79 Å². The zero-order valence-electron chi connectivity index (χ0n) is 9.84. The quantitative estimate of drug-likeness (QED) is 0.796. The molecule has 16 heavy (non-hydrogen) atoms. The van der Waals surface area contributed by atoms with Gasteiger partial charge in [0.1, 0.15) is 0 Å². The summed E-state index contributed by atoms with van der Waals surface area (Å²) in [7, 11) is 0. The lowest BCUT2D eigenvalue weighted by atomic mass is 9.83. The summed E-state index contributed by atoms with van der Waals surface area (Å²) < 4.78 is 0. The van der Waals surface area contributed by atoms with E-state index in [0.717, 1.165) is 38.1 Å². The lowest BCUT2D eigenvalue weighted by Gasteiger charge is -2.30. The first-order valence-electron chi connectivity index (χ1n) is 6.25. The van der Waals surface area contributed by atoms with Crippen molar-refractivity contribution in [3.05, 3.63) is 0 Å². The molecule has 3 N–H and O–H groups in total. The Morgan fingerprint density at radius 2 is 1.88 bits per heavy atom. The van der Waals surface area contributed by atoms with Crippen LogP contribution in [0.15, 0.2) is 0 Å². The zero-order valence-corrected chi connectivity index (χ0v) is 10.7. The highest BCUT2D eigenvalue weighted by atomic mass is 35.5. The lowest BCUT2D eigenvalue weighted by Crippen LogP contribution is -2.46. The van der Waals surface area contributed by atoms with Gasteiger partial charge in [0.25, 0.3) is 0 Å². The van der Waals surface area contributed by atoms with Crippen molar-refractivity contribution in [1.82, 2.24) is 5.32 Å². The summed E-state index contributed by atoms with van der Waals surface area (Å²) in [5.41, 5.74) is 5.54. The summed E-state index contributed by atoms with van der Waals surface area (Å²) in [6.45, 7) is 1.39. The molecule has 0 aromatic rings. The molecule has 2 saturated carbocycles. The molecule has 0 aromatic carbocycles. The fourth-order valence-electron chi connectivity index (χ4n) is 2.70. The van der Waals surface area contributed by atoms with Gasteiger partial charge >= 0.3 is 0 Å². The SMILES string of the molecule is Cl.NCC1(C(=O)NCC2CCC2)CCCC1. The Bertz CT molecular complexity index is 235. The molecule has 0 saturated heterocycles. The zero-order chi connectivity index (χ0) is 10.7. The van der Waals surface area contributed by atoms with Crippen molar-refractivity contribution in [1.29, 1.82) is 0 Å². The number of rotatable bonds is 4. The van der Waals surface area contributed by atoms with E-state index >= 15 is 0 Å². The van der Waals surface area contributed by atoms with Crippen LogP contribution >= 0.6 is 12.4 Å². The normalized spacial score (nSPS) is 23.3. The Hall–Kier alpha value is -0.280. The van der Waals surface area contributed by atoms with E-state index in [-0.39, 0.29) is 23.7 Å². The third-order valence-electron chi connectivity index (χ3n) is 4.21. The van der Waals surface area contributed by atoms with Gasteiger partial charge in [-0.15, -0.1) is 12.4 Å². The number of carbonyl (C=O) groups excluding carboxylic acids is 1. The predicted octanol–water partition coefficient (Wildman–Crippen LogP) is 1.84. The topological polar surface area (TPSA) is 55.1 Å². The number of carbonyl (C=O) groups is 1. The number of hydrogen-bond donors (Lipinski definition) is 2. The molecule has 2 fully saturated rings. The van der Waals surface area contributed by atoms with Gasteiger partial charge in [0.15, 0.2) is 0 Å². The molecule has 0 atom stereocenters. The van der Waals surface area contributed by atoms with Crippen molar-refractivity contribution >= 4 is 18.3 Å². The highest BCUT2D eigenvalue weighted by Gasteiger charge is 2.39. The summed E-state index contributed by atoms with van der Waals surface area (Å²) in [5.74, 6) is 0.958. The van der Waals surface area contributed by atoms with E-state index in [4.69, 9.17) is 5.73 Å². The van der Waals surface area contributed by atoms with Gasteiger partial charge in [-0.1, -0.05) is 19.3 Å². The molecule has 0 radical (unpaired) electrons. The molecule has 0 bridgehead atoms. The summed E-state index contributed by atoms with van der Waals surface area (Å²) in [6.07, 6.45) is 8.20. The van der Waals surface area contributed by atoms with Crippen LogP contribution in [0.25, 0.3) is 0 Å². The number of halogens is 1. The van der Waals surface area contributed by atoms with E-state index in [9.17, 15) is 4.79 Å². The fourth-order valence-corrected chi connectivity index (χ4v) is 2.70. The van der Waals surface area contributed by atoms with Gasteiger partial charge in [0, 0.05) is 13.1 Å². The molecule has 0 spiro atoms. The summed E-state index contributed by atoms with van der Waals surface area (Å²) >= 11 is 0. The minimum atomic E-state index is -0.219. The number of nitrogens with two attached hydrogens (primary N) is 1. The van der Waals surface area contributed by atoms with Crippen LogP contribution in [0.5, 0.6) is 0 Å². The molecule has 4 heteroatoms. The van der Waals surface area contributed by atoms with Gasteiger partial charge in [-0.05, 0) is 31.6 Å². The first-order valence-corrected chi connectivity index (χ1v) is 6.25. The van der Waals surface area contributed by atoms with Crippen molar-refractivity contribution in [3.8, 4) is 0 Å². The van der Waals surface area contributed by atoms with Gasteiger partial charge < -0.3 is 11.1 Å². The molecular weight excluding hydrogens is 224 g/mol. The molecule has 1 amide bonds. The van der Waals surface area contributed by atoms with E-state index in [1.165, 1.54) is 19.3 Å². The van der Waals surface area contributed by atoms with Crippen molar-refractivity contribution < 1.29 is 4.79 Å². The fraction of sp³-hybridized carbons (Fsp3) is 0.917. The maximum atomic E-state index is 12.1. The van der Waals surface area contributed by atoms with Crippen molar-refractivity contribution in [2.75, 3.05) is 13.1 Å². The third kappa shape index (κ3) is 2.69. The minimum absolute atomic E-state index is 0. The van der Waals surface area contributed by atoms with E-state index in [1.807, 2.05) is 0 Å². The van der Waals surface area contributed by atoms with Crippen LogP contribution in [0.2, 0.25) is 0 Å². The van der Waals surface area contributed by atoms with Gasteiger partial charge in [-0.25, -0.2) is 0 Å². The first-order chi connectivity index (χ1) is 7.27. The number of nitrogens with one attached hydrogen (secondary N) is 1. The van der Waals surface area contributed by atoms with Gasteiger partial charge in [0.05, 0.1) is 5.41 Å². The second-order valence-electron chi connectivity index (χ2n) is 5.20.